The molecule has 1 heterocycles. The van der Waals surface area contributed by atoms with E-state index < -0.39 is 12.6 Å². The van der Waals surface area contributed by atoms with Crippen LogP contribution in [0.5, 0.6) is 0 Å². The lowest BCUT2D eigenvalue weighted by Gasteiger charge is -2.36. The van der Waals surface area contributed by atoms with Crippen LogP contribution in [0, 0.1) is 5.92 Å². The second-order valence-corrected chi connectivity index (χ2v) is 10.3. The molecule has 0 atom stereocenters. The van der Waals surface area contributed by atoms with E-state index in [2.05, 4.69) is 34.5 Å². The van der Waals surface area contributed by atoms with E-state index in [9.17, 15) is 9.59 Å². The van der Waals surface area contributed by atoms with Gasteiger partial charge in [-0.3, -0.25) is 4.79 Å². The van der Waals surface area contributed by atoms with Crippen molar-refractivity contribution in [3.8, 4) is 0 Å². The highest BCUT2D eigenvalue weighted by molar-refractivity contribution is 6.30. The van der Waals surface area contributed by atoms with Crippen LogP contribution in [0.15, 0.2) is 48.5 Å². The minimum Gasteiger partial charge on any atom is -0.480 e. The molecule has 1 aliphatic heterocycles. The topological polar surface area (TPSA) is 78.9 Å². The first-order chi connectivity index (χ1) is 17.4. The first-order valence-corrected chi connectivity index (χ1v) is 13.5. The van der Waals surface area contributed by atoms with Gasteiger partial charge >= 0.3 is 5.97 Å². The zero-order valence-electron chi connectivity index (χ0n) is 20.6. The van der Waals surface area contributed by atoms with E-state index in [-0.39, 0.29) is 12.5 Å². The maximum Gasteiger partial charge on any atom is 0.329 e. The molecule has 2 aromatic rings. The van der Waals surface area contributed by atoms with Crippen LogP contribution in [0.25, 0.3) is 0 Å². The third-order valence-electron chi connectivity index (χ3n) is 6.74. The molecule has 1 amide bonds. The molecule has 2 N–H and O–H groups in total. The summed E-state index contributed by atoms with van der Waals surface area (Å²) >= 11 is 12.3. The van der Waals surface area contributed by atoms with Crippen molar-refractivity contribution < 1.29 is 19.4 Å². The number of nitrogens with one attached hydrogen (secondary N) is 1. The molecule has 1 aliphatic rings. The lowest BCUT2D eigenvalue weighted by molar-refractivity contribution is -0.143. The highest BCUT2D eigenvalue weighted by Crippen LogP contribution is 2.38. The van der Waals surface area contributed by atoms with Gasteiger partial charge in [-0.15, -0.1) is 0 Å². The molecule has 6 nitrogen and oxygen atoms in total. The van der Waals surface area contributed by atoms with Crippen LogP contribution in [-0.2, 0) is 14.3 Å². The summed E-state index contributed by atoms with van der Waals surface area (Å²) < 4.78 is 4.77. The maximum atomic E-state index is 11.6. The third kappa shape index (κ3) is 9.74. The quantitative estimate of drug-likeness (QED) is 0.307. The van der Waals surface area contributed by atoms with E-state index in [1.54, 1.807) is 0 Å². The molecule has 0 saturated carbocycles. The SMILES string of the molecule is O=C(O)COCC(=O)NCCCCCCN1CCC(C(c2ccc(Cl)cc2)c2ccc(Cl)cc2)CC1. The van der Waals surface area contributed by atoms with Crippen molar-refractivity contribution in [1.29, 1.82) is 0 Å². The third-order valence-corrected chi connectivity index (χ3v) is 7.25. The Morgan fingerprint density at radius 2 is 1.44 bits per heavy atom. The highest BCUT2D eigenvalue weighted by atomic mass is 35.5. The van der Waals surface area contributed by atoms with E-state index in [4.69, 9.17) is 33.0 Å². The lowest BCUT2D eigenvalue weighted by Crippen LogP contribution is -2.36. The van der Waals surface area contributed by atoms with Gasteiger partial charge in [0.15, 0.2) is 0 Å². The van der Waals surface area contributed by atoms with Gasteiger partial charge in [0, 0.05) is 22.5 Å². The predicted octanol–water partition coefficient (Wildman–Crippen LogP) is 5.62. The molecule has 0 bridgehead atoms. The van der Waals surface area contributed by atoms with Crippen LogP contribution >= 0.6 is 23.2 Å². The number of hydrogen-bond donors (Lipinski definition) is 2. The van der Waals surface area contributed by atoms with Crippen LogP contribution in [0.3, 0.4) is 0 Å². The second-order valence-electron chi connectivity index (χ2n) is 9.41. The van der Waals surface area contributed by atoms with Gasteiger partial charge in [0.2, 0.25) is 5.91 Å². The minimum atomic E-state index is -1.07. The zero-order valence-corrected chi connectivity index (χ0v) is 22.1. The number of carboxylic acid groups (broad SMARTS) is 1. The fourth-order valence-corrected chi connectivity index (χ4v) is 5.16. The van der Waals surface area contributed by atoms with Crippen LogP contribution < -0.4 is 5.32 Å². The second kappa shape index (κ2) is 15.2. The van der Waals surface area contributed by atoms with Crippen LogP contribution in [-0.4, -0.2) is 61.3 Å². The summed E-state index contributed by atoms with van der Waals surface area (Å²) in [5.41, 5.74) is 2.61. The summed E-state index contributed by atoms with van der Waals surface area (Å²) in [6, 6.07) is 16.5. The number of rotatable bonds is 14. The Hall–Kier alpha value is -2.12. The molecular formula is C28H36Cl2N2O4. The van der Waals surface area contributed by atoms with Crippen molar-refractivity contribution in [3.63, 3.8) is 0 Å². The van der Waals surface area contributed by atoms with Gasteiger partial charge in [-0.25, -0.2) is 4.79 Å². The van der Waals surface area contributed by atoms with Gasteiger partial charge in [-0.1, -0.05) is 60.3 Å². The van der Waals surface area contributed by atoms with Gasteiger partial charge in [0.05, 0.1) is 0 Å². The fourth-order valence-electron chi connectivity index (χ4n) is 4.91. The molecule has 0 spiro atoms. The Balaban J connectivity index is 1.36. The van der Waals surface area contributed by atoms with Crippen LogP contribution in [0.4, 0.5) is 0 Å². The fraction of sp³-hybridized carbons (Fsp3) is 0.500. The molecule has 0 aromatic heterocycles. The van der Waals surface area contributed by atoms with E-state index in [1.165, 1.54) is 11.1 Å². The smallest absolute Gasteiger partial charge is 0.329 e. The first kappa shape index (κ1) is 28.5. The minimum absolute atomic E-state index is 0.209. The molecule has 3 rings (SSSR count). The van der Waals surface area contributed by atoms with Crippen molar-refractivity contribution in [2.45, 2.75) is 44.4 Å². The molecule has 0 radical (unpaired) electrons. The summed E-state index contributed by atoms with van der Waals surface area (Å²) in [6.45, 7) is 3.25. The number of aliphatic carboxylic acids is 1. The van der Waals surface area contributed by atoms with E-state index in [0.29, 0.717) is 18.4 Å². The molecular weight excluding hydrogens is 499 g/mol. The largest absolute Gasteiger partial charge is 0.480 e. The molecule has 0 aliphatic carbocycles. The number of carbonyl (C=O) groups excluding carboxylic acids is 1. The summed E-state index contributed by atoms with van der Waals surface area (Å²) in [5, 5.41) is 12.8. The Labute approximate surface area is 223 Å². The summed E-state index contributed by atoms with van der Waals surface area (Å²) in [7, 11) is 0. The number of likely N-dealkylation sites (tertiary alicyclic amines) is 1. The summed E-state index contributed by atoms with van der Waals surface area (Å²) in [4.78, 5) is 24.5. The van der Waals surface area contributed by atoms with Gasteiger partial charge in [-0.2, -0.15) is 0 Å². The molecule has 0 unspecified atom stereocenters. The number of benzene rings is 2. The van der Waals surface area contributed by atoms with Crippen molar-refractivity contribution in [1.82, 2.24) is 10.2 Å². The van der Waals surface area contributed by atoms with Crippen molar-refractivity contribution >= 4 is 35.1 Å². The highest BCUT2D eigenvalue weighted by Gasteiger charge is 2.28. The number of carboxylic acids is 1. The van der Waals surface area contributed by atoms with Gasteiger partial charge in [0.25, 0.3) is 0 Å². The van der Waals surface area contributed by atoms with E-state index in [1.807, 2.05) is 24.3 Å². The molecule has 196 valence electrons. The van der Waals surface area contributed by atoms with Crippen molar-refractivity contribution in [2.75, 3.05) is 39.4 Å². The Kier molecular flexibility index (Phi) is 12.0. The van der Waals surface area contributed by atoms with E-state index in [0.717, 1.165) is 68.2 Å². The van der Waals surface area contributed by atoms with Gasteiger partial charge < -0.3 is 20.1 Å². The number of amides is 1. The molecule has 36 heavy (non-hydrogen) atoms. The monoisotopic (exact) mass is 534 g/mol. The zero-order chi connectivity index (χ0) is 25.8. The normalized spacial score (nSPS) is 14.8. The standard InChI is InChI=1S/C28H36Cl2N2O4/c29-24-9-5-21(6-10-24)28(22-7-11-25(30)12-8-22)23-13-17-32(18-14-23)16-4-2-1-3-15-31-26(33)19-36-20-27(34)35/h5-12,23,28H,1-4,13-20H2,(H,31,33)(H,34,35). The van der Waals surface area contributed by atoms with E-state index >= 15 is 0 Å². The number of unbranched alkanes of at least 4 members (excludes halogenated alkanes) is 3. The predicted molar refractivity (Wildman–Crippen MR) is 144 cm³/mol. The Bertz CT molecular complexity index is 900. The summed E-state index contributed by atoms with van der Waals surface area (Å²) in [5.74, 6) is -0.428. The number of hydrogen-bond acceptors (Lipinski definition) is 4. The number of carbonyl (C=O) groups is 2. The average Bonchev–Trinajstić information content (AvgIpc) is 2.86. The van der Waals surface area contributed by atoms with Crippen molar-refractivity contribution in [2.24, 2.45) is 5.92 Å². The number of ether oxygens (including phenoxy) is 1. The number of nitrogens with zero attached hydrogens (tertiary/aromatic N) is 1. The number of piperidine rings is 1. The Morgan fingerprint density at radius 3 is 2.00 bits per heavy atom. The molecule has 1 fully saturated rings. The molecule has 2 aromatic carbocycles. The average molecular weight is 536 g/mol. The van der Waals surface area contributed by atoms with Gasteiger partial charge in [-0.05, 0) is 86.6 Å². The molecule has 1 saturated heterocycles. The van der Waals surface area contributed by atoms with Crippen LogP contribution in [0.2, 0.25) is 10.0 Å². The molecule has 8 heteroatoms. The number of halogens is 2. The maximum absolute atomic E-state index is 11.6. The Morgan fingerprint density at radius 1 is 0.889 bits per heavy atom. The summed E-state index contributed by atoms with van der Waals surface area (Å²) in [6.07, 6.45) is 6.57. The lowest BCUT2D eigenvalue weighted by atomic mass is 9.76. The first-order valence-electron chi connectivity index (χ1n) is 12.7. The van der Waals surface area contributed by atoms with Gasteiger partial charge in [0.1, 0.15) is 13.2 Å². The van der Waals surface area contributed by atoms with Crippen LogP contribution in [0.1, 0.15) is 55.6 Å². The van der Waals surface area contributed by atoms with Crippen molar-refractivity contribution in [3.05, 3.63) is 69.7 Å².